The first kappa shape index (κ1) is 14.2. The molecule has 1 aliphatic heterocycles. The number of hydrogen-bond donors (Lipinski definition) is 1. The van der Waals surface area contributed by atoms with Crippen molar-refractivity contribution >= 4 is 11.5 Å². The molecular formula is C17H18N4O2. The molecule has 0 saturated carbocycles. The van der Waals surface area contributed by atoms with Crippen LogP contribution < -0.4 is 4.90 Å². The number of rotatable bonds is 3. The molecule has 0 radical (unpaired) electrons. The van der Waals surface area contributed by atoms with Gasteiger partial charge in [-0.15, -0.1) is 0 Å². The van der Waals surface area contributed by atoms with Crippen molar-refractivity contribution in [3.63, 3.8) is 0 Å². The molecule has 3 aromatic heterocycles. The lowest BCUT2D eigenvalue weighted by molar-refractivity contribution is 0.122. The number of aromatic nitrogens is 3. The Morgan fingerprint density at radius 3 is 2.87 bits per heavy atom. The lowest BCUT2D eigenvalue weighted by Gasteiger charge is -2.28. The Kier molecular flexibility index (Phi) is 3.69. The molecule has 0 spiro atoms. The Morgan fingerprint density at radius 1 is 1.17 bits per heavy atom. The van der Waals surface area contributed by atoms with E-state index in [2.05, 4.69) is 20.9 Å². The average molecular weight is 310 g/mol. The van der Waals surface area contributed by atoms with Gasteiger partial charge >= 0.3 is 0 Å². The number of imidazole rings is 1. The molecule has 0 aliphatic carbocycles. The SMILES string of the molecule is OCc1nc2ccccn2c1-c1ccnc(N2CCOCC2)c1. The van der Waals surface area contributed by atoms with Crippen molar-refractivity contribution in [1.82, 2.24) is 14.4 Å². The Balaban J connectivity index is 1.81. The lowest BCUT2D eigenvalue weighted by Crippen LogP contribution is -2.36. The third-order valence-corrected chi connectivity index (χ3v) is 4.11. The molecule has 3 aromatic rings. The maximum atomic E-state index is 9.68. The Labute approximate surface area is 134 Å². The minimum Gasteiger partial charge on any atom is -0.390 e. The van der Waals surface area contributed by atoms with Gasteiger partial charge in [-0.1, -0.05) is 6.07 Å². The second kappa shape index (κ2) is 5.98. The zero-order chi connectivity index (χ0) is 15.6. The molecule has 0 aromatic carbocycles. The number of aliphatic hydroxyl groups excluding tert-OH is 1. The number of pyridine rings is 2. The van der Waals surface area contributed by atoms with Gasteiger partial charge in [0.15, 0.2) is 0 Å². The number of morpholine rings is 1. The van der Waals surface area contributed by atoms with E-state index >= 15 is 0 Å². The molecule has 6 nitrogen and oxygen atoms in total. The fourth-order valence-electron chi connectivity index (χ4n) is 2.99. The molecule has 0 atom stereocenters. The molecule has 1 N–H and O–H groups in total. The molecule has 1 saturated heterocycles. The van der Waals surface area contributed by atoms with Gasteiger partial charge in [0.05, 0.1) is 31.2 Å². The third-order valence-electron chi connectivity index (χ3n) is 4.11. The molecule has 0 bridgehead atoms. The van der Waals surface area contributed by atoms with E-state index in [1.807, 2.05) is 41.1 Å². The molecule has 23 heavy (non-hydrogen) atoms. The lowest BCUT2D eigenvalue weighted by atomic mass is 10.1. The molecule has 0 unspecified atom stereocenters. The molecule has 4 heterocycles. The summed E-state index contributed by atoms with van der Waals surface area (Å²) in [6.07, 6.45) is 3.77. The Bertz CT molecular complexity index is 824. The van der Waals surface area contributed by atoms with E-state index in [0.717, 1.165) is 49.0 Å². The largest absolute Gasteiger partial charge is 0.390 e. The summed E-state index contributed by atoms with van der Waals surface area (Å²) >= 11 is 0. The van der Waals surface area contributed by atoms with E-state index in [9.17, 15) is 5.11 Å². The Hall–Kier alpha value is -2.44. The van der Waals surface area contributed by atoms with Crippen LogP contribution in [0.5, 0.6) is 0 Å². The van der Waals surface area contributed by atoms with Gasteiger partial charge in [0.25, 0.3) is 0 Å². The minimum atomic E-state index is -0.0910. The number of nitrogens with zero attached hydrogens (tertiary/aromatic N) is 4. The zero-order valence-corrected chi connectivity index (χ0v) is 12.7. The predicted octanol–water partition coefficient (Wildman–Crippen LogP) is 1.73. The van der Waals surface area contributed by atoms with Crippen LogP contribution >= 0.6 is 0 Å². The fourth-order valence-corrected chi connectivity index (χ4v) is 2.99. The van der Waals surface area contributed by atoms with Crippen molar-refractivity contribution in [2.24, 2.45) is 0 Å². The normalized spacial score (nSPS) is 15.3. The minimum absolute atomic E-state index is 0.0910. The van der Waals surface area contributed by atoms with E-state index in [4.69, 9.17) is 4.74 Å². The van der Waals surface area contributed by atoms with Gasteiger partial charge < -0.3 is 14.7 Å². The summed E-state index contributed by atoms with van der Waals surface area (Å²) in [7, 11) is 0. The highest BCUT2D eigenvalue weighted by atomic mass is 16.5. The first-order chi connectivity index (χ1) is 11.4. The van der Waals surface area contributed by atoms with Gasteiger partial charge in [-0.05, 0) is 24.3 Å². The van der Waals surface area contributed by atoms with Crippen LogP contribution in [0.2, 0.25) is 0 Å². The molecule has 4 rings (SSSR count). The maximum absolute atomic E-state index is 9.68. The molecule has 1 fully saturated rings. The topological polar surface area (TPSA) is 62.9 Å². The maximum Gasteiger partial charge on any atom is 0.137 e. The number of fused-ring (bicyclic) bond motifs is 1. The van der Waals surface area contributed by atoms with E-state index in [-0.39, 0.29) is 6.61 Å². The highest BCUT2D eigenvalue weighted by Crippen LogP contribution is 2.27. The van der Waals surface area contributed by atoms with Gasteiger partial charge in [0, 0.05) is 31.0 Å². The monoisotopic (exact) mass is 310 g/mol. The molecule has 6 heteroatoms. The molecule has 118 valence electrons. The first-order valence-corrected chi connectivity index (χ1v) is 7.73. The van der Waals surface area contributed by atoms with Gasteiger partial charge in [0.1, 0.15) is 11.5 Å². The third kappa shape index (κ3) is 2.56. The van der Waals surface area contributed by atoms with Crippen LogP contribution in [0.15, 0.2) is 42.7 Å². The summed E-state index contributed by atoms with van der Waals surface area (Å²) < 4.78 is 7.41. The van der Waals surface area contributed by atoms with Crippen LogP contribution in [0.25, 0.3) is 16.9 Å². The summed E-state index contributed by atoms with van der Waals surface area (Å²) in [6, 6.07) is 9.86. The summed E-state index contributed by atoms with van der Waals surface area (Å²) in [6.45, 7) is 3.05. The quantitative estimate of drug-likeness (QED) is 0.798. The zero-order valence-electron chi connectivity index (χ0n) is 12.7. The second-order valence-electron chi connectivity index (χ2n) is 5.50. The van der Waals surface area contributed by atoms with E-state index in [0.29, 0.717) is 5.69 Å². The smallest absolute Gasteiger partial charge is 0.137 e. The Morgan fingerprint density at radius 2 is 2.04 bits per heavy atom. The van der Waals surface area contributed by atoms with Gasteiger partial charge in [-0.3, -0.25) is 4.40 Å². The van der Waals surface area contributed by atoms with Crippen LogP contribution in [-0.4, -0.2) is 45.8 Å². The van der Waals surface area contributed by atoms with Gasteiger partial charge in [-0.25, -0.2) is 9.97 Å². The van der Waals surface area contributed by atoms with Gasteiger partial charge in [0.2, 0.25) is 0 Å². The van der Waals surface area contributed by atoms with Gasteiger partial charge in [-0.2, -0.15) is 0 Å². The van der Waals surface area contributed by atoms with Crippen LogP contribution in [-0.2, 0) is 11.3 Å². The van der Waals surface area contributed by atoms with Crippen molar-refractivity contribution in [3.05, 3.63) is 48.4 Å². The summed E-state index contributed by atoms with van der Waals surface area (Å²) in [5, 5.41) is 9.68. The number of ether oxygens (including phenoxy) is 1. The van der Waals surface area contributed by atoms with Crippen LogP contribution in [0.3, 0.4) is 0 Å². The standard InChI is InChI=1S/C17H18N4O2/c22-12-14-17(21-6-2-1-3-15(21)19-14)13-4-5-18-16(11-13)20-7-9-23-10-8-20/h1-6,11,22H,7-10,12H2. The summed E-state index contributed by atoms with van der Waals surface area (Å²) in [4.78, 5) is 11.2. The van der Waals surface area contributed by atoms with Crippen molar-refractivity contribution in [2.75, 3.05) is 31.2 Å². The van der Waals surface area contributed by atoms with Crippen LogP contribution in [0.1, 0.15) is 5.69 Å². The number of aliphatic hydroxyl groups is 1. The van der Waals surface area contributed by atoms with E-state index in [1.54, 1.807) is 0 Å². The number of anilines is 1. The van der Waals surface area contributed by atoms with Crippen molar-refractivity contribution < 1.29 is 9.84 Å². The van der Waals surface area contributed by atoms with Crippen molar-refractivity contribution in [3.8, 4) is 11.3 Å². The summed E-state index contributed by atoms with van der Waals surface area (Å²) in [5.74, 6) is 0.931. The van der Waals surface area contributed by atoms with E-state index < -0.39 is 0 Å². The second-order valence-corrected chi connectivity index (χ2v) is 5.50. The van der Waals surface area contributed by atoms with Crippen molar-refractivity contribution in [1.29, 1.82) is 0 Å². The van der Waals surface area contributed by atoms with Crippen molar-refractivity contribution in [2.45, 2.75) is 6.61 Å². The fraction of sp³-hybridized carbons (Fsp3) is 0.294. The molecule has 1 aliphatic rings. The van der Waals surface area contributed by atoms with Crippen LogP contribution in [0, 0.1) is 0 Å². The highest BCUT2D eigenvalue weighted by Gasteiger charge is 2.16. The molecular weight excluding hydrogens is 292 g/mol. The number of hydrogen-bond acceptors (Lipinski definition) is 5. The average Bonchev–Trinajstić information content (AvgIpc) is 3.01. The van der Waals surface area contributed by atoms with E-state index in [1.165, 1.54) is 0 Å². The first-order valence-electron chi connectivity index (χ1n) is 7.73. The predicted molar refractivity (Wildman–Crippen MR) is 87.4 cm³/mol. The summed E-state index contributed by atoms with van der Waals surface area (Å²) in [5.41, 5.74) is 3.43. The molecule has 0 amide bonds. The highest BCUT2D eigenvalue weighted by molar-refractivity contribution is 5.69. The van der Waals surface area contributed by atoms with Crippen LogP contribution in [0.4, 0.5) is 5.82 Å².